The van der Waals surface area contributed by atoms with E-state index < -0.39 is 0 Å². The summed E-state index contributed by atoms with van der Waals surface area (Å²) in [5.74, 6) is 0.284. The Bertz CT molecular complexity index is 107. The summed E-state index contributed by atoms with van der Waals surface area (Å²) in [6.07, 6.45) is 11.9. The number of carbonyl (C=O) groups is 1. The Morgan fingerprint density at radius 3 is 2.18 bits per heavy atom. The zero-order chi connectivity index (χ0) is 9.11. The first kappa shape index (κ1) is 12.8. The van der Waals surface area contributed by atoms with Gasteiger partial charge in [-0.2, -0.15) is 0 Å². The molecular formula is C9H17NO. The van der Waals surface area contributed by atoms with Gasteiger partial charge in [0.1, 0.15) is 5.78 Å². The van der Waals surface area contributed by atoms with E-state index in [0.717, 1.165) is 32.2 Å². The molecule has 0 saturated heterocycles. The van der Waals surface area contributed by atoms with E-state index in [9.17, 15) is 4.79 Å². The molecule has 2 heteroatoms. The largest absolute Gasteiger partial charge is 0.330 e. The van der Waals surface area contributed by atoms with Crippen molar-refractivity contribution >= 4 is 5.78 Å². The highest BCUT2D eigenvalue weighted by Gasteiger charge is 1.91. The van der Waals surface area contributed by atoms with Gasteiger partial charge in [0.15, 0.2) is 0 Å². The third-order valence-electron chi connectivity index (χ3n) is 1.23. The topological polar surface area (TPSA) is 43.1 Å². The van der Waals surface area contributed by atoms with E-state index in [4.69, 9.17) is 5.73 Å². The maximum absolute atomic E-state index is 10.4. The van der Waals surface area contributed by atoms with E-state index in [1.807, 2.05) is 0 Å². The standard InChI is InChI=1S/C7H15NO.C2H2/c1-7(9)5-3-2-4-6-8;1-2/h2-6,8H2,1H3;1-2H. The summed E-state index contributed by atoms with van der Waals surface area (Å²) in [5, 5.41) is 0. The predicted octanol–water partition coefficient (Wildman–Crippen LogP) is 1.34. The van der Waals surface area contributed by atoms with E-state index in [-0.39, 0.29) is 5.78 Å². The van der Waals surface area contributed by atoms with Crippen LogP contribution in [0.15, 0.2) is 0 Å². The minimum absolute atomic E-state index is 0.284. The van der Waals surface area contributed by atoms with Crippen molar-refractivity contribution < 1.29 is 4.79 Å². The van der Waals surface area contributed by atoms with Crippen LogP contribution < -0.4 is 5.73 Å². The number of unbranched alkanes of at least 4 members (excludes halogenated alkanes) is 2. The Balaban J connectivity index is 0. The molecule has 0 saturated carbocycles. The van der Waals surface area contributed by atoms with Gasteiger partial charge in [0.2, 0.25) is 0 Å². The van der Waals surface area contributed by atoms with Crippen LogP contribution in [0.5, 0.6) is 0 Å². The van der Waals surface area contributed by atoms with E-state index in [1.165, 1.54) is 0 Å². The van der Waals surface area contributed by atoms with Crippen LogP contribution >= 0.6 is 0 Å². The molecule has 0 aliphatic rings. The van der Waals surface area contributed by atoms with Crippen molar-refractivity contribution in [2.24, 2.45) is 5.73 Å². The number of hydrogen-bond donors (Lipinski definition) is 1. The maximum Gasteiger partial charge on any atom is 0.129 e. The number of terminal acetylenes is 1. The highest BCUT2D eigenvalue weighted by Crippen LogP contribution is 1.98. The molecular weight excluding hydrogens is 138 g/mol. The van der Waals surface area contributed by atoms with E-state index in [0.29, 0.717) is 0 Å². The van der Waals surface area contributed by atoms with Crippen molar-refractivity contribution in [3.8, 4) is 12.8 Å². The first-order valence-corrected chi connectivity index (χ1v) is 3.80. The Hall–Kier alpha value is -0.810. The minimum Gasteiger partial charge on any atom is -0.330 e. The summed E-state index contributed by atoms with van der Waals surface area (Å²) in [4.78, 5) is 10.4. The van der Waals surface area contributed by atoms with E-state index >= 15 is 0 Å². The normalized spacial score (nSPS) is 8.00. The number of ketones is 1. The van der Waals surface area contributed by atoms with Crippen LogP contribution in [-0.4, -0.2) is 12.3 Å². The van der Waals surface area contributed by atoms with Gasteiger partial charge in [0.05, 0.1) is 0 Å². The lowest BCUT2D eigenvalue weighted by Gasteiger charge is -1.93. The van der Waals surface area contributed by atoms with Gasteiger partial charge in [0.25, 0.3) is 0 Å². The molecule has 0 heterocycles. The quantitative estimate of drug-likeness (QED) is 0.481. The maximum atomic E-state index is 10.4. The van der Waals surface area contributed by atoms with E-state index in [1.54, 1.807) is 6.92 Å². The summed E-state index contributed by atoms with van der Waals surface area (Å²) >= 11 is 0. The smallest absolute Gasteiger partial charge is 0.129 e. The highest BCUT2D eigenvalue weighted by molar-refractivity contribution is 5.75. The zero-order valence-electron chi connectivity index (χ0n) is 7.18. The van der Waals surface area contributed by atoms with Crippen molar-refractivity contribution in [1.29, 1.82) is 0 Å². The molecule has 11 heavy (non-hydrogen) atoms. The summed E-state index contributed by atoms with van der Waals surface area (Å²) in [7, 11) is 0. The van der Waals surface area contributed by atoms with Crippen molar-refractivity contribution in [1.82, 2.24) is 0 Å². The van der Waals surface area contributed by atoms with Crippen LogP contribution in [0.2, 0.25) is 0 Å². The van der Waals surface area contributed by atoms with Crippen molar-refractivity contribution in [3.63, 3.8) is 0 Å². The second-order valence-corrected chi connectivity index (χ2v) is 2.30. The van der Waals surface area contributed by atoms with Gasteiger partial charge < -0.3 is 10.5 Å². The average molecular weight is 155 g/mol. The fourth-order valence-electron chi connectivity index (χ4n) is 0.695. The molecule has 0 bridgehead atoms. The summed E-state index contributed by atoms with van der Waals surface area (Å²) in [6, 6.07) is 0. The molecule has 0 aromatic heterocycles. The van der Waals surface area contributed by atoms with Crippen LogP contribution in [0, 0.1) is 12.8 Å². The molecule has 0 atom stereocenters. The van der Waals surface area contributed by atoms with E-state index in [2.05, 4.69) is 12.8 Å². The van der Waals surface area contributed by atoms with Crippen molar-refractivity contribution in [2.45, 2.75) is 32.6 Å². The summed E-state index contributed by atoms with van der Waals surface area (Å²) < 4.78 is 0. The lowest BCUT2D eigenvalue weighted by atomic mass is 10.1. The highest BCUT2D eigenvalue weighted by atomic mass is 16.1. The molecule has 0 fully saturated rings. The molecule has 2 nitrogen and oxygen atoms in total. The molecule has 0 radical (unpaired) electrons. The van der Waals surface area contributed by atoms with Gasteiger partial charge in [-0.15, -0.1) is 12.8 Å². The summed E-state index contributed by atoms with van der Waals surface area (Å²) in [6.45, 7) is 2.38. The first-order valence-electron chi connectivity index (χ1n) is 3.80. The number of hydrogen-bond acceptors (Lipinski definition) is 2. The number of rotatable bonds is 5. The Kier molecular flexibility index (Phi) is 13.9. The summed E-state index contributed by atoms with van der Waals surface area (Å²) in [5.41, 5.74) is 5.26. The Labute approximate surface area is 69.2 Å². The zero-order valence-corrected chi connectivity index (χ0v) is 7.18. The molecule has 0 aromatic rings. The lowest BCUT2D eigenvalue weighted by molar-refractivity contribution is -0.117. The molecule has 0 unspecified atom stereocenters. The van der Waals surface area contributed by atoms with Gasteiger partial charge >= 0.3 is 0 Å². The van der Waals surface area contributed by atoms with Gasteiger partial charge in [0, 0.05) is 6.42 Å². The SMILES string of the molecule is C#C.CC(=O)CCCCCN. The number of nitrogens with two attached hydrogens (primary N) is 1. The molecule has 0 rings (SSSR count). The van der Waals surface area contributed by atoms with Crippen LogP contribution in [0.1, 0.15) is 32.6 Å². The van der Waals surface area contributed by atoms with Crippen LogP contribution in [0.4, 0.5) is 0 Å². The molecule has 0 aromatic carbocycles. The fraction of sp³-hybridized carbons (Fsp3) is 0.667. The molecule has 64 valence electrons. The van der Waals surface area contributed by atoms with Gasteiger partial charge in [-0.05, 0) is 26.3 Å². The first-order chi connectivity index (χ1) is 5.27. The van der Waals surface area contributed by atoms with Crippen molar-refractivity contribution in [3.05, 3.63) is 0 Å². The predicted molar refractivity (Wildman–Crippen MR) is 48.1 cm³/mol. The Morgan fingerprint density at radius 1 is 1.27 bits per heavy atom. The third-order valence-corrected chi connectivity index (χ3v) is 1.23. The van der Waals surface area contributed by atoms with Gasteiger partial charge in [-0.1, -0.05) is 6.42 Å². The minimum atomic E-state index is 0.284. The second-order valence-electron chi connectivity index (χ2n) is 2.30. The second kappa shape index (κ2) is 11.9. The molecule has 0 spiro atoms. The Morgan fingerprint density at radius 2 is 1.82 bits per heavy atom. The van der Waals surface area contributed by atoms with Gasteiger partial charge in [-0.3, -0.25) is 0 Å². The number of carbonyl (C=O) groups excluding carboxylic acids is 1. The molecule has 2 N–H and O–H groups in total. The average Bonchev–Trinajstić information content (AvgIpc) is 2.02. The van der Waals surface area contributed by atoms with Gasteiger partial charge in [-0.25, -0.2) is 0 Å². The third kappa shape index (κ3) is 17.6. The van der Waals surface area contributed by atoms with Crippen LogP contribution in [0.25, 0.3) is 0 Å². The van der Waals surface area contributed by atoms with Crippen LogP contribution in [-0.2, 0) is 4.79 Å². The molecule has 0 aliphatic heterocycles. The molecule has 0 aliphatic carbocycles. The lowest BCUT2D eigenvalue weighted by Crippen LogP contribution is -1.98. The van der Waals surface area contributed by atoms with Crippen LogP contribution in [0.3, 0.4) is 0 Å². The van der Waals surface area contributed by atoms with Crippen molar-refractivity contribution in [2.75, 3.05) is 6.54 Å². The fourth-order valence-corrected chi connectivity index (χ4v) is 0.695. The number of Topliss-reactive ketones (excluding diaryl/α,β-unsaturated/α-hetero) is 1. The monoisotopic (exact) mass is 155 g/mol. The molecule has 0 amide bonds.